The van der Waals surface area contributed by atoms with E-state index in [0.717, 1.165) is 45.1 Å². The number of carboxylic acid groups (broad SMARTS) is 1. The Morgan fingerprint density at radius 2 is 1.89 bits per heavy atom. The first kappa shape index (κ1) is 14.3. The minimum atomic E-state index is -0.730. The van der Waals surface area contributed by atoms with Gasteiger partial charge in [0.2, 0.25) is 5.91 Å². The van der Waals surface area contributed by atoms with Crippen LogP contribution in [-0.2, 0) is 9.59 Å². The van der Waals surface area contributed by atoms with E-state index in [1.54, 1.807) is 0 Å². The molecule has 19 heavy (non-hydrogen) atoms. The van der Waals surface area contributed by atoms with Gasteiger partial charge in [0, 0.05) is 6.04 Å². The molecule has 1 amide bonds. The highest BCUT2D eigenvalue weighted by Gasteiger charge is 2.29. The molecule has 2 aliphatic rings. The van der Waals surface area contributed by atoms with Crippen LogP contribution in [-0.4, -0.2) is 35.6 Å². The zero-order chi connectivity index (χ0) is 13.7. The van der Waals surface area contributed by atoms with Crippen LogP contribution in [0.25, 0.3) is 0 Å². The van der Waals surface area contributed by atoms with Gasteiger partial charge in [0.15, 0.2) is 0 Å². The maximum atomic E-state index is 12.2. The van der Waals surface area contributed by atoms with E-state index in [2.05, 4.69) is 10.6 Å². The van der Waals surface area contributed by atoms with Crippen molar-refractivity contribution in [2.75, 3.05) is 6.54 Å². The second-order valence-corrected chi connectivity index (χ2v) is 5.76. The molecule has 2 rings (SSSR count). The summed E-state index contributed by atoms with van der Waals surface area (Å²) in [7, 11) is 0. The van der Waals surface area contributed by atoms with Gasteiger partial charge in [-0.15, -0.1) is 0 Å². The second-order valence-electron chi connectivity index (χ2n) is 5.76. The van der Waals surface area contributed by atoms with Crippen molar-refractivity contribution in [3.05, 3.63) is 0 Å². The molecular weight excluding hydrogens is 244 g/mol. The number of hydrogen-bond acceptors (Lipinski definition) is 3. The molecule has 2 fully saturated rings. The average Bonchev–Trinajstić information content (AvgIpc) is 2.68. The SMILES string of the molecule is O=C(O)C1CCCC(NC(=O)C2CCCCCN2)C1. The molecule has 5 heteroatoms. The van der Waals surface area contributed by atoms with Gasteiger partial charge >= 0.3 is 5.97 Å². The molecular formula is C14H24N2O3. The summed E-state index contributed by atoms with van der Waals surface area (Å²) in [6.07, 6.45) is 7.41. The Bertz CT molecular complexity index is 325. The van der Waals surface area contributed by atoms with Crippen LogP contribution < -0.4 is 10.6 Å². The molecule has 1 saturated carbocycles. The van der Waals surface area contributed by atoms with Gasteiger partial charge in [-0.2, -0.15) is 0 Å². The molecule has 3 unspecified atom stereocenters. The van der Waals surface area contributed by atoms with Crippen molar-refractivity contribution in [3.8, 4) is 0 Å². The van der Waals surface area contributed by atoms with Gasteiger partial charge < -0.3 is 15.7 Å². The van der Waals surface area contributed by atoms with E-state index < -0.39 is 5.97 Å². The third kappa shape index (κ3) is 4.20. The summed E-state index contributed by atoms with van der Waals surface area (Å²) in [6, 6.07) is -0.0555. The Morgan fingerprint density at radius 1 is 1.05 bits per heavy atom. The predicted octanol–water partition coefficient (Wildman–Crippen LogP) is 1.28. The summed E-state index contributed by atoms with van der Waals surface area (Å²) in [5, 5.41) is 15.4. The van der Waals surface area contributed by atoms with Crippen molar-refractivity contribution in [2.45, 2.75) is 63.5 Å². The van der Waals surface area contributed by atoms with Crippen LogP contribution in [0.4, 0.5) is 0 Å². The molecule has 0 bridgehead atoms. The van der Waals surface area contributed by atoms with Gasteiger partial charge in [0.25, 0.3) is 0 Å². The van der Waals surface area contributed by atoms with E-state index >= 15 is 0 Å². The number of nitrogens with one attached hydrogen (secondary N) is 2. The summed E-state index contributed by atoms with van der Waals surface area (Å²) in [4.78, 5) is 23.2. The van der Waals surface area contributed by atoms with Crippen LogP contribution in [0.3, 0.4) is 0 Å². The van der Waals surface area contributed by atoms with Gasteiger partial charge in [-0.25, -0.2) is 0 Å². The maximum absolute atomic E-state index is 12.2. The van der Waals surface area contributed by atoms with Crippen LogP contribution in [0.5, 0.6) is 0 Å². The summed E-state index contributed by atoms with van der Waals surface area (Å²) in [6.45, 7) is 0.903. The third-order valence-corrected chi connectivity index (χ3v) is 4.25. The average molecular weight is 268 g/mol. The number of hydrogen-bond donors (Lipinski definition) is 3. The number of carbonyl (C=O) groups is 2. The number of aliphatic carboxylic acids is 1. The standard InChI is InChI=1S/C14H24N2O3/c17-13(12-7-2-1-3-8-15-12)16-11-6-4-5-10(9-11)14(18)19/h10-12,15H,1-9H2,(H,16,17)(H,18,19). The topological polar surface area (TPSA) is 78.4 Å². The van der Waals surface area contributed by atoms with Gasteiger partial charge in [-0.1, -0.05) is 19.3 Å². The zero-order valence-corrected chi connectivity index (χ0v) is 11.4. The largest absolute Gasteiger partial charge is 0.481 e. The first-order chi connectivity index (χ1) is 9.16. The Labute approximate surface area is 114 Å². The molecule has 0 radical (unpaired) electrons. The number of amides is 1. The van der Waals surface area contributed by atoms with Crippen LogP contribution in [0, 0.1) is 5.92 Å². The van der Waals surface area contributed by atoms with Crippen molar-refractivity contribution in [3.63, 3.8) is 0 Å². The number of carbonyl (C=O) groups excluding carboxylic acids is 1. The van der Waals surface area contributed by atoms with E-state index in [9.17, 15) is 9.59 Å². The Balaban J connectivity index is 1.82. The molecule has 3 N–H and O–H groups in total. The molecule has 1 saturated heterocycles. The van der Waals surface area contributed by atoms with Crippen LogP contribution >= 0.6 is 0 Å². The molecule has 0 aromatic heterocycles. The van der Waals surface area contributed by atoms with E-state index in [1.165, 1.54) is 6.42 Å². The van der Waals surface area contributed by atoms with Gasteiger partial charge in [0.05, 0.1) is 12.0 Å². The Kier molecular flexibility index (Phi) is 5.19. The van der Waals surface area contributed by atoms with Gasteiger partial charge in [0.1, 0.15) is 0 Å². The molecule has 0 spiro atoms. The van der Waals surface area contributed by atoms with Crippen molar-refractivity contribution in [1.82, 2.24) is 10.6 Å². The summed E-state index contributed by atoms with van der Waals surface area (Å²) < 4.78 is 0. The van der Waals surface area contributed by atoms with Gasteiger partial charge in [-0.05, 0) is 38.6 Å². The fourth-order valence-corrected chi connectivity index (χ4v) is 3.10. The summed E-state index contributed by atoms with van der Waals surface area (Å²) in [5.41, 5.74) is 0. The molecule has 3 atom stereocenters. The molecule has 0 aromatic rings. The smallest absolute Gasteiger partial charge is 0.306 e. The number of carboxylic acids is 1. The lowest BCUT2D eigenvalue weighted by Crippen LogP contribution is -2.49. The van der Waals surface area contributed by atoms with Crippen LogP contribution in [0.15, 0.2) is 0 Å². The lowest BCUT2D eigenvalue weighted by atomic mass is 9.85. The third-order valence-electron chi connectivity index (χ3n) is 4.25. The molecule has 1 heterocycles. The number of rotatable bonds is 3. The first-order valence-corrected chi connectivity index (χ1v) is 7.43. The van der Waals surface area contributed by atoms with E-state index in [-0.39, 0.29) is 23.9 Å². The molecule has 1 aliphatic carbocycles. The molecule has 108 valence electrons. The Hall–Kier alpha value is -1.10. The van der Waals surface area contributed by atoms with Crippen molar-refractivity contribution in [1.29, 1.82) is 0 Å². The van der Waals surface area contributed by atoms with Gasteiger partial charge in [-0.3, -0.25) is 9.59 Å². The highest BCUT2D eigenvalue weighted by Crippen LogP contribution is 2.24. The monoisotopic (exact) mass is 268 g/mol. The highest BCUT2D eigenvalue weighted by atomic mass is 16.4. The molecule has 1 aliphatic heterocycles. The summed E-state index contributed by atoms with van der Waals surface area (Å²) in [5.74, 6) is -0.967. The van der Waals surface area contributed by atoms with E-state index in [4.69, 9.17) is 5.11 Å². The van der Waals surface area contributed by atoms with Crippen molar-refractivity contribution < 1.29 is 14.7 Å². The van der Waals surface area contributed by atoms with Crippen LogP contribution in [0.1, 0.15) is 51.4 Å². The van der Waals surface area contributed by atoms with Crippen molar-refractivity contribution >= 4 is 11.9 Å². The minimum absolute atomic E-state index is 0.0346. The maximum Gasteiger partial charge on any atom is 0.306 e. The fraction of sp³-hybridized carbons (Fsp3) is 0.857. The molecule has 0 aromatic carbocycles. The molecule has 5 nitrogen and oxygen atoms in total. The predicted molar refractivity (Wildman–Crippen MR) is 71.8 cm³/mol. The van der Waals surface area contributed by atoms with Crippen LogP contribution in [0.2, 0.25) is 0 Å². The Morgan fingerprint density at radius 3 is 2.68 bits per heavy atom. The first-order valence-electron chi connectivity index (χ1n) is 7.43. The second kappa shape index (κ2) is 6.89. The fourth-order valence-electron chi connectivity index (χ4n) is 3.10. The quantitative estimate of drug-likeness (QED) is 0.720. The normalized spacial score (nSPS) is 32.3. The highest BCUT2D eigenvalue weighted by molar-refractivity contribution is 5.82. The van der Waals surface area contributed by atoms with E-state index in [1.807, 2.05) is 0 Å². The van der Waals surface area contributed by atoms with Crippen molar-refractivity contribution in [2.24, 2.45) is 5.92 Å². The lowest BCUT2D eigenvalue weighted by molar-refractivity contribution is -0.143. The van der Waals surface area contributed by atoms with E-state index in [0.29, 0.717) is 6.42 Å². The minimum Gasteiger partial charge on any atom is -0.481 e. The lowest BCUT2D eigenvalue weighted by Gasteiger charge is -2.28. The zero-order valence-electron chi connectivity index (χ0n) is 11.4. The summed E-state index contributed by atoms with van der Waals surface area (Å²) >= 11 is 0.